The van der Waals surface area contributed by atoms with Crippen molar-refractivity contribution in [3.8, 4) is 0 Å². The Bertz CT molecular complexity index is 467. The molecular formula is C11H14N4O. The van der Waals surface area contributed by atoms with Crippen LogP contribution in [0, 0.1) is 0 Å². The Balaban J connectivity index is 2.17. The van der Waals surface area contributed by atoms with Gasteiger partial charge in [0, 0.05) is 12.7 Å². The Morgan fingerprint density at radius 3 is 3.06 bits per heavy atom. The first-order chi connectivity index (χ1) is 7.77. The molecule has 0 aromatic carbocycles. The standard InChI is InChI=1S/C11H14N4O/c1-8(16)4-6-13-11-9-3-2-5-12-10(9)14-7-15-11/h2-3,5,7-8,16H,4,6H2,1H3,(H,12,13,14,15). The summed E-state index contributed by atoms with van der Waals surface area (Å²) in [5.74, 6) is 0.763. The highest BCUT2D eigenvalue weighted by molar-refractivity contribution is 5.85. The van der Waals surface area contributed by atoms with Crippen molar-refractivity contribution in [2.24, 2.45) is 0 Å². The number of rotatable bonds is 4. The average Bonchev–Trinajstić information content (AvgIpc) is 2.29. The summed E-state index contributed by atoms with van der Waals surface area (Å²) >= 11 is 0. The van der Waals surface area contributed by atoms with E-state index >= 15 is 0 Å². The van der Waals surface area contributed by atoms with E-state index in [1.807, 2.05) is 12.1 Å². The third-order valence-electron chi connectivity index (χ3n) is 2.26. The maximum Gasteiger partial charge on any atom is 0.164 e. The predicted molar refractivity (Wildman–Crippen MR) is 62.1 cm³/mol. The third-order valence-corrected chi connectivity index (χ3v) is 2.26. The van der Waals surface area contributed by atoms with Crippen molar-refractivity contribution in [3.05, 3.63) is 24.7 Å². The fourth-order valence-corrected chi connectivity index (χ4v) is 1.44. The van der Waals surface area contributed by atoms with E-state index < -0.39 is 0 Å². The minimum absolute atomic E-state index is 0.307. The molecule has 0 radical (unpaired) electrons. The van der Waals surface area contributed by atoms with Gasteiger partial charge in [0.15, 0.2) is 5.65 Å². The number of nitrogens with one attached hydrogen (secondary N) is 1. The van der Waals surface area contributed by atoms with Gasteiger partial charge in [0.05, 0.1) is 11.5 Å². The van der Waals surface area contributed by atoms with Crippen LogP contribution < -0.4 is 5.32 Å². The van der Waals surface area contributed by atoms with Crippen molar-refractivity contribution >= 4 is 16.9 Å². The Morgan fingerprint density at radius 2 is 2.25 bits per heavy atom. The molecule has 2 N–H and O–H groups in total. The van der Waals surface area contributed by atoms with Gasteiger partial charge >= 0.3 is 0 Å². The second-order valence-corrected chi connectivity index (χ2v) is 3.66. The van der Waals surface area contributed by atoms with Crippen LogP contribution in [0.25, 0.3) is 11.0 Å². The monoisotopic (exact) mass is 218 g/mol. The molecule has 0 fully saturated rings. The average molecular weight is 218 g/mol. The summed E-state index contributed by atoms with van der Waals surface area (Å²) in [6, 6.07) is 3.78. The Hall–Kier alpha value is -1.75. The highest BCUT2D eigenvalue weighted by Crippen LogP contribution is 2.16. The summed E-state index contributed by atoms with van der Waals surface area (Å²) in [6.07, 6.45) is 3.57. The minimum Gasteiger partial charge on any atom is -0.393 e. The van der Waals surface area contributed by atoms with Gasteiger partial charge < -0.3 is 10.4 Å². The molecule has 2 heterocycles. The van der Waals surface area contributed by atoms with Crippen LogP contribution in [0.15, 0.2) is 24.7 Å². The molecule has 0 spiro atoms. The lowest BCUT2D eigenvalue weighted by atomic mass is 10.2. The Morgan fingerprint density at radius 1 is 1.38 bits per heavy atom. The molecule has 5 heteroatoms. The lowest BCUT2D eigenvalue weighted by Crippen LogP contribution is -2.11. The van der Waals surface area contributed by atoms with Crippen molar-refractivity contribution in [3.63, 3.8) is 0 Å². The number of hydrogen-bond donors (Lipinski definition) is 2. The van der Waals surface area contributed by atoms with Crippen molar-refractivity contribution in [1.82, 2.24) is 15.0 Å². The second-order valence-electron chi connectivity index (χ2n) is 3.66. The maximum absolute atomic E-state index is 9.16. The van der Waals surface area contributed by atoms with Crippen molar-refractivity contribution in [2.75, 3.05) is 11.9 Å². The first kappa shape index (κ1) is 10.8. The van der Waals surface area contributed by atoms with Crippen LogP contribution in [-0.2, 0) is 0 Å². The lowest BCUT2D eigenvalue weighted by Gasteiger charge is -2.08. The molecule has 0 aliphatic carbocycles. The van der Waals surface area contributed by atoms with Gasteiger partial charge in [0.25, 0.3) is 0 Å². The number of hydrogen-bond acceptors (Lipinski definition) is 5. The van der Waals surface area contributed by atoms with Crippen LogP contribution in [0.4, 0.5) is 5.82 Å². The van der Waals surface area contributed by atoms with E-state index in [-0.39, 0.29) is 6.10 Å². The Kier molecular flexibility index (Phi) is 3.26. The van der Waals surface area contributed by atoms with Gasteiger partial charge in [0.2, 0.25) is 0 Å². The van der Waals surface area contributed by atoms with Crippen molar-refractivity contribution < 1.29 is 5.11 Å². The number of aliphatic hydroxyl groups is 1. The summed E-state index contributed by atoms with van der Waals surface area (Å²) in [5.41, 5.74) is 0.678. The SMILES string of the molecule is CC(O)CCNc1ncnc2ncccc12. The highest BCUT2D eigenvalue weighted by Gasteiger charge is 2.03. The predicted octanol–water partition coefficient (Wildman–Crippen LogP) is 1.21. The molecule has 1 atom stereocenters. The van der Waals surface area contributed by atoms with E-state index in [4.69, 9.17) is 5.11 Å². The van der Waals surface area contributed by atoms with Crippen LogP contribution in [0.2, 0.25) is 0 Å². The molecule has 0 saturated heterocycles. The van der Waals surface area contributed by atoms with Crippen LogP contribution in [0.3, 0.4) is 0 Å². The van der Waals surface area contributed by atoms with E-state index in [2.05, 4.69) is 20.3 Å². The summed E-state index contributed by atoms with van der Waals surface area (Å²) in [5, 5.41) is 13.2. The molecule has 2 aromatic rings. The molecule has 0 amide bonds. The number of pyridine rings is 1. The van der Waals surface area contributed by atoms with Crippen LogP contribution in [0.5, 0.6) is 0 Å². The van der Waals surface area contributed by atoms with Gasteiger partial charge in [-0.15, -0.1) is 0 Å². The van der Waals surface area contributed by atoms with Gasteiger partial charge in [-0.2, -0.15) is 0 Å². The van der Waals surface area contributed by atoms with Crippen molar-refractivity contribution in [2.45, 2.75) is 19.4 Å². The zero-order chi connectivity index (χ0) is 11.4. The molecule has 84 valence electrons. The first-order valence-corrected chi connectivity index (χ1v) is 5.25. The normalized spacial score (nSPS) is 12.6. The molecule has 0 aliphatic rings. The summed E-state index contributed by atoms with van der Waals surface area (Å²) in [7, 11) is 0. The van der Waals surface area contributed by atoms with Gasteiger partial charge in [-0.3, -0.25) is 0 Å². The summed E-state index contributed by atoms with van der Waals surface area (Å²) in [6.45, 7) is 2.44. The zero-order valence-corrected chi connectivity index (χ0v) is 9.09. The van der Waals surface area contributed by atoms with E-state index in [0.717, 1.165) is 11.2 Å². The number of nitrogens with zero attached hydrogens (tertiary/aromatic N) is 3. The molecule has 0 saturated carbocycles. The van der Waals surface area contributed by atoms with Crippen LogP contribution in [-0.4, -0.2) is 32.7 Å². The zero-order valence-electron chi connectivity index (χ0n) is 9.09. The van der Waals surface area contributed by atoms with Gasteiger partial charge in [-0.1, -0.05) is 0 Å². The smallest absolute Gasteiger partial charge is 0.164 e. The number of aromatic nitrogens is 3. The van der Waals surface area contributed by atoms with Gasteiger partial charge in [-0.05, 0) is 25.5 Å². The van der Waals surface area contributed by atoms with Gasteiger partial charge in [-0.25, -0.2) is 15.0 Å². The number of fused-ring (bicyclic) bond motifs is 1. The third kappa shape index (κ3) is 2.43. The molecular weight excluding hydrogens is 204 g/mol. The highest BCUT2D eigenvalue weighted by atomic mass is 16.3. The molecule has 16 heavy (non-hydrogen) atoms. The maximum atomic E-state index is 9.16. The van der Waals surface area contributed by atoms with E-state index in [1.165, 1.54) is 6.33 Å². The number of aliphatic hydroxyl groups excluding tert-OH is 1. The lowest BCUT2D eigenvalue weighted by molar-refractivity contribution is 0.188. The topological polar surface area (TPSA) is 70.9 Å². The molecule has 2 rings (SSSR count). The molecule has 0 aliphatic heterocycles. The summed E-state index contributed by atoms with van der Waals surface area (Å²) in [4.78, 5) is 12.4. The molecule has 0 bridgehead atoms. The van der Waals surface area contributed by atoms with E-state index in [0.29, 0.717) is 18.6 Å². The largest absolute Gasteiger partial charge is 0.393 e. The minimum atomic E-state index is -0.307. The van der Waals surface area contributed by atoms with E-state index in [1.54, 1.807) is 13.1 Å². The summed E-state index contributed by atoms with van der Waals surface area (Å²) < 4.78 is 0. The van der Waals surface area contributed by atoms with Crippen LogP contribution >= 0.6 is 0 Å². The second kappa shape index (κ2) is 4.85. The van der Waals surface area contributed by atoms with Crippen molar-refractivity contribution in [1.29, 1.82) is 0 Å². The fraction of sp³-hybridized carbons (Fsp3) is 0.364. The Labute approximate surface area is 93.6 Å². The fourth-order valence-electron chi connectivity index (χ4n) is 1.44. The number of anilines is 1. The molecule has 2 aromatic heterocycles. The van der Waals surface area contributed by atoms with E-state index in [9.17, 15) is 0 Å². The van der Waals surface area contributed by atoms with Crippen LogP contribution in [0.1, 0.15) is 13.3 Å². The molecule has 5 nitrogen and oxygen atoms in total. The first-order valence-electron chi connectivity index (χ1n) is 5.25. The molecule has 1 unspecified atom stereocenters. The quantitative estimate of drug-likeness (QED) is 0.807. The van der Waals surface area contributed by atoms with Gasteiger partial charge in [0.1, 0.15) is 12.1 Å².